The van der Waals surface area contributed by atoms with Crippen LogP contribution in [0.5, 0.6) is 0 Å². The maximum Gasteiger partial charge on any atom is 0.246 e. The molecule has 108 valence electrons. The van der Waals surface area contributed by atoms with Crippen LogP contribution in [-0.4, -0.2) is 60.1 Å². The number of aliphatic hydroxyl groups excluding tert-OH is 1. The van der Waals surface area contributed by atoms with Crippen LogP contribution in [0.1, 0.15) is 11.1 Å². The molecule has 2 rings (SSSR count). The molecule has 1 heterocycles. The monoisotopic (exact) mass is 274 g/mol. The molecular formula is C16H22N2O2. The minimum atomic E-state index is 0.0650. The van der Waals surface area contributed by atoms with Gasteiger partial charge >= 0.3 is 0 Å². The predicted molar refractivity (Wildman–Crippen MR) is 80.3 cm³/mol. The highest BCUT2D eigenvalue weighted by molar-refractivity contribution is 5.91. The van der Waals surface area contributed by atoms with E-state index in [1.807, 2.05) is 36.1 Å². The number of rotatable bonds is 4. The summed E-state index contributed by atoms with van der Waals surface area (Å²) in [7, 11) is 0. The average molecular weight is 274 g/mol. The first kappa shape index (κ1) is 14.8. The van der Waals surface area contributed by atoms with Gasteiger partial charge in [0.25, 0.3) is 0 Å². The van der Waals surface area contributed by atoms with E-state index in [-0.39, 0.29) is 12.5 Å². The Kier molecular flexibility index (Phi) is 5.32. The number of benzene rings is 1. The molecule has 0 atom stereocenters. The number of nitrogens with zero attached hydrogens (tertiary/aromatic N) is 2. The molecule has 0 saturated carbocycles. The molecule has 1 aliphatic heterocycles. The van der Waals surface area contributed by atoms with Gasteiger partial charge in [0.2, 0.25) is 5.91 Å². The third-order valence-electron chi connectivity index (χ3n) is 3.56. The number of piperazine rings is 1. The third-order valence-corrected chi connectivity index (χ3v) is 3.56. The van der Waals surface area contributed by atoms with E-state index in [0.29, 0.717) is 6.54 Å². The van der Waals surface area contributed by atoms with Crippen LogP contribution in [-0.2, 0) is 4.79 Å². The van der Waals surface area contributed by atoms with Crippen molar-refractivity contribution in [2.45, 2.75) is 6.92 Å². The molecule has 1 fully saturated rings. The van der Waals surface area contributed by atoms with Crippen molar-refractivity contribution in [3.05, 3.63) is 41.5 Å². The van der Waals surface area contributed by atoms with Gasteiger partial charge in [0.1, 0.15) is 0 Å². The van der Waals surface area contributed by atoms with E-state index in [2.05, 4.69) is 11.0 Å². The van der Waals surface area contributed by atoms with E-state index < -0.39 is 0 Å². The van der Waals surface area contributed by atoms with Crippen LogP contribution >= 0.6 is 0 Å². The molecule has 0 unspecified atom stereocenters. The molecule has 1 aromatic rings. The Balaban J connectivity index is 1.86. The Morgan fingerprint density at radius 3 is 2.70 bits per heavy atom. The van der Waals surface area contributed by atoms with Crippen molar-refractivity contribution >= 4 is 12.0 Å². The maximum atomic E-state index is 12.1. The summed E-state index contributed by atoms with van der Waals surface area (Å²) in [5, 5.41) is 8.89. The largest absolute Gasteiger partial charge is 0.395 e. The Labute approximate surface area is 120 Å². The molecule has 0 spiro atoms. The molecule has 1 N–H and O–H groups in total. The molecule has 4 nitrogen and oxygen atoms in total. The summed E-state index contributed by atoms with van der Waals surface area (Å²) in [5.74, 6) is 0.0650. The van der Waals surface area contributed by atoms with Crippen molar-refractivity contribution in [1.29, 1.82) is 0 Å². The second kappa shape index (κ2) is 7.22. The van der Waals surface area contributed by atoms with E-state index in [9.17, 15) is 4.79 Å². The van der Waals surface area contributed by atoms with Crippen LogP contribution in [0.2, 0.25) is 0 Å². The molecule has 1 aliphatic rings. The smallest absolute Gasteiger partial charge is 0.246 e. The van der Waals surface area contributed by atoms with E-state index in [1.165, 1.54) is 5.56 Å². The summed E-state index contributed by atoms with van der Waals surface area (Å²) in [4.78, 5) is 16.1. The number of β-amino-alcohol motifs (C(OH)–C–C–N with tert-alkyl or cyclic N) is 1. The van der Waals surface area contributed by atoms with Gasteiger partial charge in [-0.3, -0.25) is 9.69 Å². The number of aliphatic hydroxyl groups is 1. The normalized spacial score (nSPS) is 16.8. The maximum absolute atomic E-state index is 12.1. The SMILES string of the molecule is Cc1cccc(/C=C/C(=O)N2CCN(CCO)CC2)c1. The Hall–Kier alpha value is -1.65. The van der Waals surface area contributed by atoms with Crippen molar-refractivity contribution in [2.75, 3.05) is 39.3 Å². The highest BCUT2D eigenvalue weighted by Gasteiger charge is 2.18. The van der Waals surface area contributed by atoms with Gasteiger partial charge in [-0.2, -0.15) is 0 Å². The fourth-order valence-corrected chi connectivity index (χ4v) is 2.38. The minimum Gasteiger partial charge on any atom is -0.395 e. The van der Waals surface area contributed by atoms with Gasteiger partial charge in [-0.15, -0.1) is 0 Å². The summed E-state index contributed by atoms with van der Waals surface area (Å²) in [5.41, 5.74) is 2.24. The fourth-order valence-electron chi connectivity index (χ4n) is 2.38. The minimum absolute atomic E-state index is 0.0650. The standard InChI is InChI=1S/C16H22N2O2/c1-14-3-2-4-15(13-14)5-6-16(20)18-9-7-17(8-10-18)11-12-19/h2-6,13,19H,7-12H2,1H3/b6-5+. The summed E-state index contributed by atoms with van der Waals surface area (Å²) in [6, 6.07) is 8.09. The lowest BCUT2D eigenvalue weighted by Gasteiger charge is -2.33. The Morgan fingerprint density at radius 2 is 2.05 bits per heavy atom. The molecule has 0 bridgehead atoms. The first-order valence-electron chi connectivity index (χ1n) is 7.06. The summed E-state index contributed by atoms with van der Waals surface area (Å²) >= 11 is 0. The van der Waals surface area contributed by atoms with E-state index in [1.54, 1.807) is 6.08 Å². The van der Waals surface area contributed by atoms with E-state index >= 15 is 0 Å². The van der Waals surface area contributed by atoms with Gasteiger partial charge in [-0.05, 0) is 18.6 Å². The summed E-state index contributed by atoms with van der Waals surface area (Å²) < 4.78 is 0. The fraction of sp³-hybridized carbons (Fsp3) is 0.438. The van der Waals surface area contributed by atoms with Gasteiger partial charge in [-0.1, -0.05) is 29.8 Å². The number of aryl methyl sites for hydroxylation is 1. The molecule has 4 heteroatoms. The topological polar surface area (TPSA) is 43.8 Å². The van der Waals surface area contributed by atoms with Gasteiger partial charge in [0.05, 0.1) is 6.61 Å². The van der Waals surface area contributed by atoms with Crippen molar-refractivity contribution in [2.24, 2.45) is 0 Å². The second-order valence-electron chi connectivity index (χ2n) is 5.14. The zero-order valence-electron chi connectivity index (χ0n) is 12.0. The van der Waals surface area contributed by atoms with Gasteiger partial charge < -0.3 is 10.0 Å². The van der Waals surface area contributed by atoms with Crippen LogP contribution in [0.4, 0.5) is 0 Å². The summed E-state index contributed by atoms with van der Waals surface area (Å²) in [6.07, 6.45) is 3.52. The zero-order chi connectivity index (χ0) is 14.4. The van der Waals surface area contributed by atoms with Crippen LogP contribution in [0.15, 0.2) is 30.3 Å². The van der Waals surface area contributed by atoms with Crippen LogP contribution in [0.3, 0.4) is 0 Å². The number of hydrogen-bond donors (Lipinski definition) is 1. The van der Waals surface area contributed by atoms with Gasteiger partial charge in [0, 0.05) is 38.8 Å². The average Bonchev–Trinajstić information content (AvgIpc) is 2.46. The van der Waals surface area contributed by atoms with Crippen LogP contribution in [0, 0.1) is 6.92 Å². The van der Waals surface area contributed by atoms with E-state index in [0.717, 1.165) is 31.7 Å². The molecule has 0 aliphatic carbocycles. The molecule has 0 aromatic heterocycles. The predicted octanol–water partition coefficient (Wildman–Crippen LogP) is 1.14. The van der Waals surface area contributed by atoms with Crippen LogP contribution < -0.4 is 0 Å². The zero-order valence-corrected chi connectivity index (χ0v) is 12.0. The molecular weight excluding hydrogens is 252 g/mol. The number of carbonyl (C=O) groups excluding carboxylic acids is 1. The highest BCUT2D eigenvalue weighted by Crippen LogP contribution is 2.07. The van der Waals surface area contributed by atoms with Crippen molar-refractivity contribution in [3.63, 3.8) is 0 Å². The lowest BCUT2D eigenvalue weighted by molar-refractivity contribution is -0.127. The molecule has 0 radical (unpaired) electrons. The quantitative estimate of drug-likeness (QED) is 0.838. The van der Waals surface area contributed by atoms with Gasteiger partial charge in [-0.25, -0.2) is 0 Å². The van der Waals surface area contributed by atoms with Crippen molar-refractivity contribution in [1.82, 2.24) is 9.80 Å². The molecule has 1 amide bonds. The number of amides is 1. The molecule has 1 saturated heterocycles. The first-order valence-corrected chi connectivity index (χ1v) is 7.06. The highest BCUT2D eigenvalue weighted by atomic mass is 16.3. The summed E-state index contributed by atoms with van der Waals surface area (Å²) in [6.45, 7) is 6.06. The van der Waals surface area contributed by atoms with Crippen LogP contribution in [0.25, 0.3) is 6.08 Å². The lowest BCUT2D eigenvalue weighted by atomic mass is 10.1. The molecule has 20 heavy (non-hydrogen) atoms. The first-order chi connectivity index (χ1) is 9.69. The van der Waals surface area contributed by atoms with Crippen molar-refractivity contribution < 1.29 is 9.90 Å². The Bertz CT molecular complexity index is 477. The molecule has 1 aromatic carbocycles. The lowest BCUT2D eigenvalue weighted by Crippen LogP contribution is -2.48. The second-order valence-corrected chi connectivity index (χ2v) is 5.14. The van der Waals surface area contributed by atoms with Gasteiger partial charge in [0.15, 0.2) is 0 Å². The Morgan fingerprint density at radius 1 is 1.30 bits per heavy atom. The number of carbonyl (C=O) groups is 1. The van der Waals surface area contributed by atoms with Crippen molar-refractivity contribution in [3.8, 4) is 0 Å². The van der Waals surface area contributed by atoms with E-state index in [4.69, 9.17) is 5.11 Å². The number of hydrogen-bond acceptors (Lipinski definition) is 3. The third kappa shape index (κ3) is 4.18.